The maximum Gasteiger partial charge on any atom is 0.230 e. The molecule has 1 spiro atoms. The van der Waals surface area contributed by atoms with Crippen LogP contribution in [0.4, 0.5) is 5.95 Å². The zero-order valence-corrected chi connectivity index (χ0v) is 17.8. The van der Waals surface area contributed by atoms with E-state index < -0.39 is 17.4 Å². The lowest BCUT2D eigenvalue weighted by Crippen LogP contribution is -2.53. The average Bonchev–Trinajstić information content (AvgIpc) is 3.35. The van der Waals surface area contributed by atoms with Crippen LogP contribution in [0.1, 0.15) is 20.8 Å². The van der Waals surface area contributed by atoms with Gasteiger partial charge in [0.05, 0.1) is 24.5 Å². The fourth-order valence-corrected chi connectivity index (χ4v) is 5.36. The Bertz CT molecular complexity index is 875. The Kier molecular flexibility index (Phi) is 4.39. The zero-order chi connectivity index (χ0) is 21.1. The first-order valence-electron chi connectivity index (χ1n) is 10.7. The third-order valence-electron chi connectivity index (χ3n) is 6.56. The van der Waals surface area contributed by atoms with Crippen molar-refractivity contribution in [3.63, 3.8) is 0 Å². The van der Waals surface area contributed by atoms with Crippen LogP contribution in [-0.4, -0.2) is 82.6 Å². The average molecular weight is 412 g/mol. The molecular weight excluding hydrogens is 382 g/mol. The zero-order valence-electron chi connectivity index (χ0n) is 17.8. The molecule has 0 unspecified atom stereocenters. The second-order valence-corrected chi connectivity index (χ2v) is 10.0. The molecule has 160 valence electrons. The fourth-order valence-electron chi connectivity index (χ4n) is 5.36. The van der Waals surface area contributed by atoms with Crippen LogP contribution in [0.3, 0.4) is 0 Å². The lowest BCUT2D eigenvalue weighted by atomic mass is 9.76. The highest BCUT2D eigenvalue weighted by Gasteiger charge is 2.67. The predicted molar refractivity (Wildman–Crippen MR) is 111 cm³/mol. The number of anilines is 1. The highest BCUT2D eigenvalue weighted by atomic mass is 16.5. The summed E-state index contributed by atoms with van der Waals surface area (Å²) in [6.07, 6.45) is 7.18. The number of rotatable bonds is 3. The number of piperazine rings is 1. The molecule has 0 aromatic carbocycles. The van der Waals surface area contributed by atoms with Gasteiger partial charge in [-0.05, 0) is 11.5 Å². The van der Waals surface area contributed by atoms with Crippen molar-refractivity contribution in [3.05, 3.63) is 30.6 Å². The molecule has 3 saturated heterocycles. The smallest absolute Gasteiger partial charge is 0.230 e. The number of fused-ring (bicyclic) bond motifs is 1. The Balaban J connectivity index is 1.30. The second-order valence-electron chi connectivity index (χ2n) is 10.0. The van der Waals surface area contributed by atoms with Crippen molar-refractivity contribution in [1.29, 1.82) is 0 Å². The van der Waals surface area contributed by atoms with Crippen molar-refractivity contribution in [2.75, 3.05) is 44.2 Å². The maximum atomic E-state index is 13.5. The fraction of sp³-hybridized carbons (Fsp3) is 0.636. The SMILES string of the molecule is CC(C)(C)CN1C[C@]23C=C[C@H](O2)[C@H](C(=O)N2CCN(c4ncccn4)CC2)[C@@H]3C1=O. The van der Waals surface area contributed by atoms with Gasteiger partial charge in [-0.15, -0.1) is 0 Å². The quantitative estimate of drug-likeness (QED) is 0.690. The first-order chi connectivity index (χ1) is 14.3. The minimum absolute atomic E-state index is 0.00198. The molecule has 0 N–H and O–H groups in total. The van der Waals surface area contributed by atoms with Crippen LogP contribution in [0.5, 0.6) is 0 Å². The third-order valence-corrected chi connectivity index (χ3v) is 6.56. The minimum Gasteiger partial charge on any atom is -0.360 e. The topological polar surface area (TPSA) is 78.9 Å². The lowest BCUT2D eigenvalue weighted by Gasteiger charge is -2.37. The number of nitrogens with zero attached hydrogens (tertiary/aromatic N) is 5. The van der Waals surface area contributed by atoms with E-state index in [9.17, 15) is 9.59 Å². The van der Waals surface area contributed by atoms with Crippen LogP contribution in [0, 0.1) is 17.3 Å². The summed E-state index contributed by atoms with van der Waals surface area (Å²) in [6.45, 7) is 10.2. The van der Waals surface area contributed by atoms with Crippen LogP contribution in [-0.2, 0) is 14.3 Å². The Morgan fingerprint density at radius 1 is 1.20 bits per heavy atom. The Hall–Kier alpha value is -2.48. The maximum absolute atomic E-state index is 13.5. The number of amides is 2. The van der Waals surface area contributed by atoms with Crippen molar-refractivity contribution in [1.82, 2.24) is 19.8 Å². The molecule has 30 heavy (non-hydrogen) atoms. The van der Waals surface area contributed by atoms with Crippen LogP contribution < -0.4 is 4.90 Å². The molecule has 5 heterocycles. The van der Waals surface area contributed by atoms with Gasteiger partial charge in [0.15, 0.2) is 0 Å². The van der Waals surface area contributed by atoms with Gasteiger partial charge in [-0.3, -0.25) is 9.59 Å². The lowest BCUT2D eigenvalue weighted by molar-refractivity contribution is -0.143. The third kappa shape index (κ3) is 3.09. The molecular formula is C22H29N5O3. The van der Waals surface area contributed by atoms with E-state index in [1.54, 1.807) is 18.5 Å². The number of carbonyl (C=O) groups excluding carboxylic acids is 2. The van der Waals surface area contributed by atoms with Crippen LogP contribution in [0.15, 0.2) is 30.6 Å². The summed E-state index contributed by atoms with van der Waals surface area (Å²) in [5, 5.41) is 0. The number of hydrogen-bond donors (Lipinski definition) is 0. The van der Waals surface area contributed by atoms with Gasteiger partial charge < -0.3 is 19.4 Å². The second kappa shape index (κ2) is 6.77. The summed E-state index contributed by atoms with van der Waals surface area (Å²) < 4.78 is 6.26. The standard InChI is InChI=1S/C22H29N5O3/c1-21(2,3)13-27-14-22-6-5-15(30-22)16(17(22)19(27)29)18(28)25-9-11-26(12-10-25)20-23-7-4-8-24-20/h4-8,15-17H,9-14H2,1-3H3/t15-,16-,17+,22-/m0/s1. The largest absolute Gasteiger partial charge is 0.360 e. The molecule has 0 saturated carbocycles. The summed E-state index contributed by atoms with van der Waals surface area (Å²) in [5.41, 5.74) is -0.630. The summed E-state index contributed by atoms with van der Waals surface area (Å²) >= 11 is 0. The molecule has 4 aliphatic rings. The molecule has 8 heteroatoms. The van der Waals surface area contributed by atoms with Gasteiger partial charge in [0.1, 0.15) is 5.60 Å². The number of aromatic nitrogens is 2. The van der Waals surface area contributed by atoms with E-state index in [0.717, 1.165) is 0 Å². The van der Waals surface area contributed by atoms with E-state index in [-0.39, 0.29) is 23.3 Å². The Morgan fingerprint density at radius 2 is 1.90 bits per heavy atom. The van der Waals surface area contributed by atoms with E-state index in [1.165, 1.54) is 0 Å². The van der Waals surface area contributed by atoms with Gasteiger partial charge in [-0.1, -0.05) is 32.9 Å². The molecule has 4 aliphatic heterocycles. The molecule has 1 aromatic heterocycles. The summed E-state index contributed by atoms with van der Waals surface area (Å²) in [7, 11) is 0. The monoisotopic (exact) mass is 411 g/mol. The van der Waals surface area contributed by atoms with Crippen molar-refractivity contribution in [3.8, 4) is 0 Å². The molecule has 5 rings (SSSR count). The van der Waals surface area contributed by atoms with E-state index >= 15 is 0 Å². The van der Waals surface area contributed by atoms with Crippen molar-refractivity contribution in [2.24, 2.45) is 17.3 Å². The molecule has 0 radical (unpaired) electrons. The predicted octanol–water partition coefficient (Wildman–Crippen LogP) is 0.953. The number of ether oxygens (including phenoxy) is 1. The highest BCUT2D eigenvalue weighted by Crippen LogP contribution is 2.52. The van der Waals surface area contributed by atoms with E-state index in [1.807, 2.05) is 22.0 Å². The first kappa shape index (κ1) is 19.5. The molecule has 0 aliphatic carbocycles. The normalized spacial score (nSPS) is 32.8. The van der Waals surface area contributed by atoms with Gasteiger partial charge in [0.25, 0.3) is 0 Å². The van der Waals surface area contributed by atoms with Gasteiger partial charge in [0, 0.05) is 45.1 Å². The molecule has 1 aromatic rings. The first-order valence-corrected chi connectivity index (χ1v) is 10.7. The van der Waals surface area contributed by atoms with Crippen molar-refractivity contribution in [2.45, 2.75) is 32.5 Å². The molecule has 2 bridgehead atoms. The van der Waals surface area contributed by atoms with E-state index in [0.29, 0.717) is 45.2 Å². The molecule has 2 amide bonds. The van der Waals surface area contributed by atoms with Gasteiger partial charge >= 0.3 is 0 Å². The van der Waals surface area contributed by atoms with Crippen LogP contribution in [0.2, 0.25) is 0 Å². The molecule has 4 atom stereocenters. The number of hydrogen-bond acceptors (Lipinski definition) is 6. The highest BCUT2D eigenvalue weighted by molar-refractivity contribution is 5.93. The number of likely N-dealkylation sites (tertiary alicyclic amines) is 1. The van der Waals surface area contributed by atoms with E-state index in [2.05, 4.69) is 35.6 Å². The summed E-state index contributed by atoms with van der Waals surface area (Å²) in [5.74, 6) is -0.0365. The Labute approximate surface area is 176 Å². The summed E-state index contributed by atoms with van der Waals surface area (Å²) in [4.78, 5) is 41.3. The van der Waals surface area contributed by atoms with E-state index in [4.69, 9.17) is 4.74 Å². The minimum atomic E-state index is -0.632. The van der Waals surface area contributed by atoms with Crippen LogP contribution >= 0.6 is 0 Å². The number of carbonyl (C=O) groups is 2. The summed E-state index contributed by atoms with van der Waals surface area (Å²) in [6, 6.07) is 1.79. The van der Waals surface area contributed by atoms with Crippen molar-refractivity contribution >= 4 is 17.8 Å². The van der Waals surface area contributed by atoms with Gasteiger partial charge in [0.2, 0.25) is 17.8 Å². The Morgan fingerprint density at radius 3 is 2.57 bits per heavy atom. The van der Waals surface area contributed by atoms with Crippen molar-refractivity contribution < 1.29 is 14.3 Å². The van der Waals surface area contributed by atoms with Crippen LogP contribution in [0.25, 0.3) is 0 Å². The molecule has 8 nitrogen and oxygen atoms in total. The van der Waals surface area contributed by atoms with Gasteiger partial charge in [-0.2, -0.15) is 0 Å². The van der Waals surface area contributed by atoms with Gasteiger partial charge in [-0.25, -0.2) is 9.97 Å². The molecule has 3 fully saturated rings.